The van der Waals surface area contributed by atoms with Gasteiger partial charge in [-0.2, -0.15) is 5.26 Å². The van der Waals surface area contributed by atoms with E-state index in [2.05, 4.69) is 6.07 Å². The molecule has 1 amide bonds. The van der Waals surface area contributed by atoms with Crippen molar-refractivity contribution >= 4 is 5.91 Å². The molecule has 22 heavy (non-hydrogen) atoms. The first-order chi connectivity index (χ1) is 10.4. The van der Waals surface area contributed by atoms with Gasteiger partial charge in [-0.15, -0.1) is 0 Å². The van der Waals surface area contributed by atoms with E-state index in [4.69, 9.17) is 10.00 Å². The van der Waals surface area contributed by atoms with Crippen molar-refractivity contribution in [2.75, 3.05) is 6.54 Å². The molecule has 5 heteroatoms. The summed E-state index contributed by atoms with van der Waals surface area (Å²) in [5.41, 5.74) is 0.375. The monoisotopic (exact) mass is 300 g/mol. The number of carbonyl (C=O) groups is 1. The second-order valence-corrected chi connectivity index (χ2v) is 6.50. The van der Waals surface area contributed by atoms with Gasteiger partial charge in [0, 0.05) is 18.5 Å². The number of hydrogen-bond donors (Lipinski definition) is 1. The minimum atomic E-state index is -0.853. The first-order valence-electron chi connectivity index (χ1n) is 7.64. The maximum atomic E-state index is 12.3. The summed E-state index contributed by atoms with van der Waals surface area (Å²) >= 11 is 0. The van der Waals surface area contributed by atoms with Crippen LogP contribution in [0, 0.1) is 11.3 Å². The van der Waals surface area contributed by atoms with Crippen molar-refractivity contribution in [1.82, 2.24) is 4.90 Å². The summed E-state index contributed by atoms with van der Waals surface area (Å²) in [7, 11) is 0. The number of rotatable bonds is 1. The van der Waals surface area contributed by atoms with Crippen molar-refractivity contribution in [2.45, 2.75) is 50.9 Å². The van der Waals surface area contributed by atoms with Gasteiger partial charge in [0.05, 0.1) is 11.6 Å². The topological polar surface area (TPSA) is 73.6 Å². The Balaban J connectivity index is 2.03. The van der Waals surface area contributed by atoms with E-state index in [0.29, 0.717) is 29.8 Å². The minimum absolute atomic E-state index is 0.0619. The second-order valence-electron chi connectivity index (χ2n) is 6.50. The number of nitriles is 1. The van der Waals surface area contributed by atoms with Crippen molar-refractivity contribution in [2.24, 2.45) is 0 Å². The van der Waals surface area contributed by atoms with Crippen LogP contribution in [0.1, 0.15) is 50.3 Å². The zero-order valence-electron chi connectivity index (χ0n) is 12.9. The van der Waals surface area contributed by atoms with Crippen LogP contribution in [0.3, 0.4) is 0 Å². The molecule has 0 spiro atoms. The highest BCUT2D eigenvalue weighted by Crippen LogP contribution is 2.43. The smallest absolute Gasteiger partial charge is 0.223 e. The van der Waals surface area contributed by atoms with E-state index in [9.17, 15) is 9.90 Å². The molecule has 0 radical (unpaired) electrons. The van der Waals surface area contributed by atoms with E-state index >= 15 is 0 Å². The fourth-order valence-corrected chi connectivity index (χ4v) is 3.50. The van der Waals surface area contributed by atoms with Crippen LogP contribution in [0.4, 0.5) is 0 Å². The van der Waals surface area contributed by atoms with Gasteiger partial charge < -0.3 is 14.7 Å². The number of amides is 1. The molecule has 1 unspecified atom stereocenters. The average molecular weight is 300 g/mol. The summed E-state index contributed by atoms with van der Waals surface area (Å²) in [5, 5.41) is 19.9. The molecule has 5 nitrogen and oxygen atoms in total. The van der Waals surface area contributed by atoms with Gasteiger partial charge in [-0.25, -0.2) is 0 Å². The zero-order chi connectivity index (χ0) is 15.9. The van der Waals surface area contributed by atoms with Gasteiger partial charge in [0.2, 0.25) is 5.91 Å². The molecule has 1 aromatic rings. The van der Waals surface area contributed by atoms with Crippen molar-refractivity contribution in [3.8, 4) is 11.8 Å². The highest BCUT2D eigenvalue weighted by molar-refractivity contribution is 5.77. The number of carbonyl (C=O) groups excluding carboxylic acids is 1. The maximum Gasteiger partial charge on any atom is 0.223 e. The molecule has 0 aromatic heterocycles. The molecule has 0 aliphatic carbocycles. The number of fused-ring (bicyclic) bond motifs is 1. The molecule has 1 saturated heterocycles. The normalized spacial score (nSPS) is 26.8. The predicted octanol–water partition coefficient (Wildman–Crippen LogP) is 2.14. The SMILES string of the molecule is CC1(C)Oc2ccc(C#N)cc2C(O)[C@@H]1N1CCCCC1=O. The van der Waals surface area contributed by atoms with Crippen LogP contribution in [0.5, 0.6) is 5.75 Å². The van der Waals surface area contributed by atoms with Crippen molar-refractivity contribution in [3.63, 3.8) is 0 Å². The number of ether oxygens (including phenoxy) is 1. The lowest BCUT2D eigenvalue weighted by atomic mass is 9.83. The van der Waals surface area contributed by atoms with Crippen LogP contribution >= 0.6 is 0 Å². The van der Waals surface area contributed by atoms with E-state index in [1.54, 1.807) is 23.1 Å². The number of aliphatic hydroxyl groups is 1. The molecule has 1 N–H and O–H groups in total. The maximum absolute atomic E-state index is 12.3. The molecule has 0 saturated carbocycles. The molecular weight excluding hydrogens is 280 g/mol. The largest absolute Gasteiger partial charge is 0.485 e. The summed E-state index contributed by atoms with van der Waals surface area (Å²) in [5.74, 6) is 0.643. The van der Waals surface area contributed by atoms with Gasteiger partial charge >= 0.3 is 0 Å². The van der Waals surface area contributed by atoms with Crippen molar-refractivity contribution in [3.05, 3.63) is 29.3 Å². The fraction of sp³-hybridized carbons (Fsp3) is 0.529. The number of nitrogens with zero attached hydrogens (tertiary/aromatic N) is 2. The molecule has 2 atom stereocenters. The summed E-state index contributed by atoms with van der Waals surface area (Å²) in [6, 6.07) is 6.67. The number of likely N-dealkylation sites (tertiary alicyclic amines) is 1. The van der Waals surface area contributed by atoms with E-state index in [1.807, 2.05) is 13.8 Å². The van der Waals surface area contributed by atoms with Crippen LogP contribution in [0.2, 0.25) is 0 Å². The molecule has 2 aliphatic heterocycles. The molecule has 2 aliphatic rings. The molecular formula is C17H20N2O3. The minimum Gasteiger partial charge on any atom is -0.485 e. The van der Waals surface area contributed by atoms with Crippen LogP contribution in [-0.4, -0.2) is 34.1 Å². The third-order valence-electron chi connectivity index (χ3n) is 4.54. The number of benzene rings is 1. The van der Waals surface area contributed by atoms with Gasteiger partial charge in [-0.1, -0.05) is 0 Å². The second kappa shape index (κ2) is 5.29. The van der Waals surface area contributed by atoms with E-state index in [-0.39, 0.29) is 5.91 Å². The Morgan fingerprint density at radius 1 is 1.41 bits per heavy atom. The third kappa shape index (κ3) is 2.34. The molecule has 2 heterocycles. The molecule has 0 bridgehead atoms. The lowest BCUT2D eigenvalue weighted by Crippen LogP contribution is -2.60. The van der Waals surface area contributed by atoms with Crippen LogP contribution in [-0.2, 0) is 4.79 Å². The van der Waals surface area contributed by atoms with Crippen LogP contribution in [0.25, 0.3) is 0 Å². The quantitative estimate of drug-likeness (QED) is 0.862. The first kappa shape index (κ1) is 14.9. The van der Waals surface area contributed by atoms with Crippen LogP contribution < -0.4 is 4.74 Å². The van der Waals surface area contributed by atoms with Gasteiger partial charge in [0.1, 0.15) is 23.5 Å². The summed E-state index contributed by atoms with van der Waals surface area (Å²) in [6.07, 6.45) is 1.50. The van der Waals surface area contributed by atoms with Crippen molar-refractivity contribution in [1.29, 1.82) is 5.26 Å². The summed E-state index contributed by atoms with van der Waals surface area (Å²) in [6.45, 7) is 4.43. The number of piperidine rings is 1. The highest BCUT2D eigenvalue weighted by atomic mass is 16.5. The number of hydrogen-bond acceptors (Lipinski definition) is 4. The predicted molar refractivity (Wildman–Crippen MR) is 80.2 cm³/mol. The lowest BCUT2D eigenvalue weighted by Gasteiger charge is -2.49. The van der Waals surface area contributed by atoms with Gasteiger partial charge in [0.15, 0.2) is 0 Å². The van der Waals surface area contributed by atoms with E-state index in [0.717, 1.165) is 12.8 Å². The Kier molecular flexibility index (Phi) is 3.57. The van der Waals surface area contributed by atoms with Gasteiger partial charge in [-0.3, -0.25) is 4.79 Å². The molecule has 116 valence electrons. The highest BCUT2D eigenvalue weighted by Gasteiger charge is 2.48. The van der Waals surface area contributed by atoms with E-state index < -0.39 is 17.7 Å². The van der Waals surface area contributed by atoms with Crippen molar-refractivity contribution < 1.29 is 14.6 Å². The Bertz CT molecular complexity index is 648. The first-order valence-corrected chi connectivity index (χ1v) is 7.64. The molecule has 1 aromatic carbocycles. The molecule has 1 fully saturated rings. The Hall–Kier alpha value is -2.06. The Morgan fingerprint density at radius 2 is 2.18 bits per heavy atom. The average Bonchev–Trinajstić information content (AvgIpc) is 2.48. The Labute approximate surface area is 130 Å². The Morgan fingerprint density at radius 3 is 2.86 bits per heavy atom. The fourth-order valence-electron chi connectivity index (χ4n) is 3.50. The zero-order valence-corrected chi connectivity index (χ0v) is 12.9. The van der Waals surface area contributed by atoms with Crippen LogP contribution in [0.15, 0.2) is 18.2 Å². The van der Waals surface area contributed by atoms with E-state index in [1.165, 1.54) is 0 Å². The third-order valence-corrected chi connectivity index (χ3v) is 4.54. The van der Waals surface area contributed by atoms with Gasteiger partial charge in [-0.05, 0) is 44.9 Å². The summed E-state index contributed by atoms with van der Waals surface area (Å²) < 4.78 is 6.04. The van der Waals surface area contributed by atoms with Gasteiger partial charge in [0.25, 0.3) is 0 Å². The summed E-state index contributed by atoms with van der Waals surface area (Å²) in [4.78, 5) is 14.0. The standard InChI is InChI=1S/C17H20N2O3/c1-17(2)16(19-8-4-3-5-14(19)20)15(21)12-9-11(10-18)6-7-13(12)22-17/h6-7,9,15-16,21H,3-5,8H2,1-2H3/t15?,16-/m0/s1. The molecule has 3 rings (SSSR count). The number of aliphatic hydroxyl groups excluding tert-OH is 1. The lowest BCUT2D eigenvalue weighted by molar-refractivity contribution is -0.150.